The Balaban J connectivity index is 2.33. The highest BCUT2D eigenvalue weighted by Gasteiger charge is 2.27. The van der Waals surface area contributed by atoms with Crippen molar-refractivity contribution in [1.29, 1.82) is 0 Å². The first-order valence-corrected chi connectivity index (χ1v) is 8.61. The highest BCUT2D eigenvalue weighted by Crippen LogP contribution is 2.36. The summed E-state index contributed by atoms with van der Waals surface area (Å²) >= 11 is 7.34. The van der Waals surface area contributed by atoms with Crippen LogP contribution in [0.4, 0.5) is 0 Å². The third-order valence-corrected chi connectivity index (χ3v) is 5.22. The monoisotopic (exact) mass is 388 g/mol. The van der Waals surface area contributed by atoms with E-state index < -0.39 is 0 Å². The van der Waals surface area contributed by atoms with Gasteiger partial charge in [-0.1, -0.05) is 52.1 Å². The van der Waals surface area contributed by atoms with Gasteiger partial charge in [-0.3, -0.25) is 4.90 Å². The average Bonchev–Trinajstić information content (AvgIpc) is 2.44. The summed E-state index contributed by atoms with van der Waals surface area (Å²) in [5.41, 5.74) is 1.41. The van der Waals surface area contributed by atoms with Gasteiger partial charge in [0.15, 0.2) is 0 Å². The molecular weight excluding hydrogens is 368 g/mol. The summed E-state index contributed by atoms with van der Waals surface area (Å²) in [6.07, 6.45) is 1.20. The fourth-order valence-electron chi connectivity index (χ4n) is 2.79. The van der Waals surface area contributed by atoms with Gasteiger partial charge in [-0.05, 0) is 29.7 Å². The molecule has 1 aromatic carbocycles. The van der Waals surface area contributed by atoms with Gasteiger partial charge in [-0.2, -0.15) is 0 Å². The first-order chi connectivity index (χ1) is 9.13. The summed E-state index contributed by atoms with van der Waals surface area (Å²) in [6, 6.07) is 7.01. The van der Waals surface area contributed by atoms with Crippen molar-refractivity contribution in [1.82, 2.24) is 10.2 Å². The standard InChI is InChI=1S/C15H22Br2N2/c1-3-11(2)15(19-8-6-18-7-9-19)13-10-12(16)4-5-14(13)17/h4-5,10-11,15,18H,3,6-9H2,1-2H3/t11?,15-/m0/s1. The zero-order chi connectivity index (χ0) is 13.8. The molecule has 1 fully saturated rings. The molecule has 19 heavy (non-hydrogen) atoms. The second-order valence-corrected chi connectivity index (χ2v) is 7.05. The lowest BCUT2D eigenvalue weighted by molar-refractivity contribution is 0.128. The van der Waals surface area contributed by atoms with E-state index in [0.29, 0.717) is 12.0 Å². The number of nitrogens with zero attached hydrogens (tertiary/aromatic N) is 1. The molecule has 2 nitrogen and oxygen atoms in total. The van der Waals surface area contributed by atoms with Gasteiger partial charge in [0.1, 0.15) is 0 Å². The second-order valence-electron chi connectivity index (χ2n) is 5.28. The minimum absolute atomic E-state index is 0.499. The SMILES string of the molecule is CCC(C)[C@@H](c1cc(Br)ccc1Br)N1CCNCC1. The highest BCUT2D eigenvalue weighted by molar-refractivity contribution is 9.11. The fraction of sp³-hybridized carbons (Fsp3) is 0.600. The maximum atomic E-state index is 3.73. The highest BCUT2D eigenvalue weighted by atomic mass is 79.9. The van der Waals surface area contributed by atoms with Crippen LogP contribution in [-0.4, -0.2) is 31.1 Å². The third-order valence-electron chi connectivity index (χ3n) is 4.00. The summed E-state index contributed by atoms with van der Waals surface area (Å²) in [4.78, 5) is 2.62. The van der Waals surface area contributed by atoms with E-state index in [1.165, 1.54) is 16.5 Å². The normalized spacial score (nSPS) is 20.2. The van der Waals surface area contributed by atoms with Crippen molar-refractivity contribution in [2.24, 2.45) is 5.92 Å². The maximum Gasteiger partial charge on any atom is 0.0386 e. The maximum absolute atomic E-state index is 3.73. The number of halogens is 2. The molecule has 2 rings (SSSR count). The predicted octanol–water partition coefficient (Wildman–Crippen LogP) is 4.20. The van der Waals surface area contributed by atoms with Crippen LogP contribution in [0.1, 0.15) is 31.9 Å². The molecule has 1 aromatic rings. The number of hydrogen-bond acceptors (Lipinski definition) is 2. The van der Waals surface area contributed by atoms with Gasteiger partial charge < -0.3 is 5.32 Å². The van der Waals surface area contributed by atoms with Crippen molar-refractivity contribution in [2.45, 2.75) is 26.3 Å². The molecule has 1 unspecified atom stereocenters. The Hall–Kier alpha value is 0.1000. The van der Waals surface area contributed by atoms with E-state index in [1.807, 2.05) is 0 Å². The van der Waals surface area contributed by atoms with Crippen LogP contribution in [-0.2, 0) is 0 Å². The molecule has 0 radical (unpaired) electrons. The quantitative estimate of drug-likeness (QED) is 0.829. The van der Waals surface area contributed by atoms with Crippen LogP contribution < -0.4 is 5.32 Å². The molecule has 1 aliphatic heterocycles. The van der Waals surface area contributed by atoms with Crippen LogP contribution in [0.15, 0.2) is 27.1 Å². The van der Waals surface area contributed by atoms with Crippen molar-refractivity contribution in [3.05, 3.63) is 32.7 Å². The first kappa shape index (κ1) is 15.5. The van der Waals surface area contributed by atoms with Gasteiger partial charge in [0.2, 0.25) is 0 Å². The Morgan fingerprint density at radius 2 is 1.95 bits per heavy atom. The second kappa shape index (κ2) is 7.21. The molecule has 4 heteroatoms. The molecule has 1 saturated heterocycles. The number of benzene rings is 1. The number of hydrogen-bond donors (Lipinski definition) is 1. The number of nitrogens with one attached hydrogen (secondary N) is 1. The van der Waals surface area contributed by atoms with E-state index in [4.69, 9.17) is 0 Å². The molecule has 0 aliphatic carbocycles. The van der Waals surface area contributed by atoms with E-state index in [0.717, 1.165) is 30.7 Å². The summed E-state index contributed by atoms with van der Waals surface area (Å²) in [5, 5.41) is 3.44. The Bertz CT molecular complexity index is 417. The number of rotatable bonds is 4. The molecular formula is C15H22Br2N2. The van der Waals surface area contributed by atoms with Crippen LogP contribution in [0.3, 0.4) is 0 Å². The molecule has 0 saturated carbocycles. The molecule has 1 aliphatic rings. The Kier molecular flexibility index (Phi) is 5.87. The summed E-state index contributed by atoms with van der Waals surface area (Å²) < 4.78 is 2.38. The van der Waals surface area contributed by atoms with Crippen LogP contribution >= 0.6 is 31.9 Å². The van der Waals surface area contributed by atoms with Gasteiger partial charge in [0, 0.05) is 41.2 Å². The van der Waals surface area contributed by atoms with Crippen molar-refractivity contribution < 1.29 is 0 Å². The third kappa shape index (κ3) is 3.81. The van der Waals surface area contributed by atoms with Crippen LogP contribution in [0.25, 0.3) is 0 Å². The van der Waals surface area contributed by atoms with Crippen LogP contribution in [0.2, 0.25) is 0 Å². The van der Waals surface area contributed by atoms with Crippen molar-refractivity contribution in [3.8, 4) is 0 Å². The molecule has 0 aromatic heterocycles. The van der Waals surface area contributed by atoms with Gasteiger partial charge in [-0.25, -0.2) is 0 Å². The lowest BCUT2D eigenvalue weighted by Gasteiger charge is -2.39. The molecule has 0 amide bonds. The fourth-order valence-corrected chi connectivity index (χ4v) is 3.65. The van der Waals surface area contributed by atoms with E-state index in [1.54, 1.807) is 0 Å². The zero-order valence-corrected chi connectivity index (χ0v) is 14.8. The van der Waals surface area contributed by atoms with Crippen LogP contribution in [0.5, 0.6) is 0 Å². The summed E-state index contributed by atoms with van der Waals surface area (Å²) in [6.45, 7) is 9.10. The molecule has 1 heterocycles. The Labute approximate surface area is 133 Å². The van der Waals surface area contributed by atoms with E-state index in [2.05, 4.69) is 74.1 Å². The van der Waals surface area contributed by atoms with Crippen molar-refractivity contribution >= 4 is 31.9 Å². The Morgan fingerprint density at radius 1 is 1.26 bits per heavy atom. The van der Waals surface area contributed by atoms with Gasteiger partial charge in [-0.15, -0.1) is 0 Å². The average molecular weight is 390 g/mol. The van der Waals surface area contributed by atoms with E-state index in [-0.39, 0.29) is 0 Å². The van der Waals surface area contributed by atoms with Crippen LogP contribution in [0, 0.1) is 5.92 Å². The predicted molar refractivity (Wildman–Crippen MR) is 88.5 cm³/mol. The van der Waals surface area contributed by atoms with E-state index in [9.17, 15) is 0 Å². The molecule has 0 spiro atoms. The lowest BCUT2D eigenvalue weighted by Crippen LogP contribution is -2.46. The minimum atomic E-state index is 0.499. The van der Waals surface area contributed by atoms with Gasteiger partial charge in [0.05, 0.1) is 0 Å². The smallest absolute Gasteiger partial charge is 0.0386 e. The molecule has 1 N–H and O–H groups in total. The van der Waals surface area contributed by atoms with Gasteiger partial charge in [0.25, 0.3) is 0 Å². The Morgan fingerprint density at radius 3 is 2.58 bits per heavy atom. The zero-order valence-electron chi connectivity index (χ0n) is 11.6. The van der Waals surface area contributed by atoms with E-state index >= 15 is 0 Å². The first-order valence-electron chi connectivity index (χ1n) is 7.03. The van der Waals surface area contributed by atoms with Crippen molar-refractivity contribution in [3.63, 3.8) is 0 Å². The molecule has 106 valence electrons. The topological polar surface area (TPSA) is 15.3 Å². The lowest BCUT2D eigenvalue weighted by atomic mass is 9.90. The molecule has 0 bridgehead atoms. The minimum Gasteiger partial charge on any atom is -0.314 e. The largest absolute Gasteiger partial charge is 0.314 e. The summed E-state index contributed by atoms with van der Waals surface area (Å²) in [7, 11) is 0. The van der Waals surface area contributed by atoms with Gasteiger partial charge >= 0.3 is 0 Å². The molecule has 2 atom stereocenters. The number of piperazine rings is 1. The van der Waals surface area contributed by atoms with Crippen molar-refractivity contribution in [2.75, 3.05) is 26.2 Å². The summed E-state index contributed by atoms with van der Waals surface area (Å²) in [5.74, 6) is 0.656.